The van der Waals surface area contributed by atoms with E-state index in [1.54, 1.807) is 0 Å². The average Bonchev–Trinajstić information content (AvgIpc) is 3.05. The summed E-state index contributed by atoms with van der Waals surface area (Å²) in [5.41, 5.74) is 0.558. The van der Waals surface area contributed by atoms with Crippen LogP contribution in [0.3, 0.4) is 0 Å². The lowest BCUT2D eigenvalue weighted by atomic mass is 10.0. The van der Waals surface area contributed by atoms with Gasteiger partial charge in [-0.05, 0) is 31.1 Å². The summed E-state index contributed by atoms with van der Waals surface area (Å²) in [7, 11) is 0. The Morgan fingerprint density at radius 1 is 1.38 bits per heavy atom. The summed E-state index contributed by atoms with van der Waals surface area (Å²) in [6, 6.07) is 0. The van der Waals surface area contributed by atoms with E-state index < -0.39 is 0 Å². The van der Waals surface area contributed by atoms with E-state index in [0.29, 0.717) is 18.6 Å². The highest BCUT2D eigenvalue weighted by Gasteiger charge is 2.39. The lowest BCUT2D eigenvalue weighted by molar-refractivity contribution is 0.0354. The molecule has 1 fully saturated rings. The molecule has 0 saturated heterocycles. The van der Waals surface area contributed by atoms with E-state index in [4.69, 9.17) is 4.74 Å². The van der Waals surface area contributed by atoms with Gasteiger partial charge in [-0.25, -0.2) is 0 Å². The Bertz CT molecular complexity index is 181. The molecule has 0 radical (unpaired) electrons. The SMILES string of the molecule is CCCCOCC(O)CNCC1(CC)CC1. The molecule has 0 heterocycles. The van der Waals surface area contributed by atoms with E-state index in [1.165, 1.54) is 19.3 Å². The highest BCUT2D eigenvalue weighted by molar-refractivity contribution is 4.93. The van der Waals surface area contributed by atoms with Crippen molar-refractivity contribution in [2.24, 2.45) is 5.41 Å². The van der Waals surface area contributed by atoms with Crippen molar-refractivity contribution in [3.8, 4) is 0 Å². The minimum Gasteiger partial charge on any atom is -0.389 e. The molecule has 0 aromatic rings. The molecular weight excluding hydrogens is 202 g/mol. The average molecular weight is 229 g/mol. The summed E-state index contributed by atoms with van der Waals surface area (Å²) in [6.07, 6.45) is 5.82. The summed E-state index contributed by atoms with van der Waals surface area (Å²) in [6.45, 7) is 7.34. The second-order valence-corrected chi connectivity index (χ2v) is 5.07. The van der Waals surface area contributed by atoms with Gasteiger partial charge in [-0.3, -0.25) is 0 Å². The molecule has 1 atom stereocenters. The number of hydrogen-bond acceptors (Lipinski definition) is 3. The van der Waals surface area contributed by atoms with Gasteiger partial charge < -0.3 is 15.2 Å². The van der Waals surface area contributed by atoms with E-state index in [2.05, 4.69) is 19.2 Å². The zero-order valence-corrected chi connectivity index (χ0v) is 10.8. The molecule has 3 nitrogen and oxygen atoms in total. The normalized spacial score (nSPS) is 19.7. The van der Waals surface area contributed by atoms with Crippen molar-refractivity contribution < 1.29 is 9.84 Å². The number of aliphatic hydroxyl groups is 1. The Balaban J connectivity index is 1.92. The molecule has 0 aliphatic heterocycles. The smallest absolute Gasteiger partial charge is 0.0897 e. The fourth-order valence-corrected chi connectivity index (χ4v) is 1.86. The molecule has 1 rings (SSSR count). The van der Waals surface area contributed by atoms with Gasteiger partial charge in [0.2, 0.25) is 0 Å². The molecule has 0 aromatic heterocycles. The number of nitrogens with one attached hydrogen (secondary N) is 1. The van der Waals surface area contributed by atoms with Crippen LogP contribution < -0.4 is 5.32 Å². The van der Waals surface area contributed by atoms with E-state index in [1.807, 2.05) is 0 Å². The van der Waals surface area contributed by atoms with Gasteiger partial charge in [0.15, 0.2) is 0 Å². The third-order valence-corrected chi connectivity index (χ3v) is 3.54. The minimum absolute atomic E-state index is 0.357. The van der Waals surface area contributed by atoms with Crippen molar-refractivity contribution in [1.29, 1.82) is 0 Å². The van der Waals surface area contributed by atoms with Crippen LogP contribution in [0, 0.1) is 5.41 Å². The predicted octanol–water partition coefficient (Wildman–Crippen LogP) is 1.94. The van der Waals surface area contributed by atoms with Gasteiger partial charge in [0.05, 0.1) is 12.7 Å². The molecule has 0 bridgehead atoms. The van der Waals surface area contributed by atoms with Gasteiger partial charge in [0.1, 0.15) is 0 Å². The largest absolute Gasteiger partial charge is 0.389 e. The first-order valence-corrected chi connectivity index (χ1v) is 6.69. The number of hydrogen-bond donors (Lipinski definition) is 2. The second kappa shape index (κ2) is 7.25. The van der Waals surface area contributed by atoms with Crippen LogP contribution >= 0.6 is 0 Å². The zero-order chi connectivity index (χ0) is 11.9. The van der Waals surface area contributed by atoms with Gasteiger partial charge in [0, 0.05) is 19.7 Å². The number of ether oxygens (including phenoxy) is 1. The van der Waals surface area contributed by atoms with Crippen LogP contribution in [0.2, 0.25) is 0 Å². The van der Waals surface area contributed by atoms with Crippen LogP contribution in [0.25, 0.3) is 0 Å². The molecule has 1 saturated carbocycles. The van der Waals surface area contributed by atoms with Gasteiger partial charge in [0.25, 0.3) is 0 Å². The molecule has 1 aliphatic carbocycles. The monoisotopic (exact) mass is 229 g/mol. The first-order chi connectivity index (χ1) is 7.72. The van der Waals surface area contributed by atoms with Crippen molar-refractivity contribution in [1.82, 2.24) is 5.32 Å². The molecule has 0 spiro atoms. The standard InChI is InChI=1S/C13H27NO2/c1-3-5-8-16-10-12(15)9-14-11-13(4-2)6-7-13/h12,14-15H,3-11H2,1-2H3. The van der Waals surface area contributed by atoms with Gasteiger partial charge >= 0.3 is 0 Å². The molecular formula is C13H27NO2. The highest BCUT2D eigenvalue weighted by Crippen LogP contribution is 2.47. The summed E-state index contributed by atoms with van der Waals surface area (Å²) in [5, 5.41) is 13.0. The summed E-state index contributed by atoms with van der Waals surface area (Å²) in [4.78, 5) is 0. The lowest BCUT2D eigenvalue weighted by Crippen LogP contribution is -2.34. The van der Waals surface area contributed by atoms with Gasteiger partial charge in [-0.2, -0.15) is 0 Å². The number of rotatable bonds is 10. The van der Waals surface area contributed by atoms with E-state index >= 15 is 0 Å². The number of unbranched alkanes of at least 4 members (excludes halogenated alkanes) is 1. The van der Waals surface area contributed by atoms with Crippen molar-refractivity contribution in [3.63, 3.8) is 0 Å². The fraction of sp³-hybridized carbons (Fsp3) is 1.00. The second-order valence-electron chi connectivity index (χ2n) is 5.07. The first-order valence-electron chi connectivity index (χ1n) is 6.69. The minimum atomic E-state index is -0.357. The Morgan fingerprint density at radius 3 is 2.69 bits per heavy atom. The topological polar surface area (TPSA) is 41.5 Å². The third-order valence-electron chi connectivity index (χ3n) is 3.54. The molecule has 1 aliphatic rings. The Hall–Kier alpha value is -0.120. The Labute approximate surface area is 99.6 Å². The lowest BCUT2D eigenvalue weighted by Gasteiger charge is -2.16. The Morgan fingerprint density at radius 2 is 2.12 bits per heavy atom. The van der Waals surface area contributed by atoms with Crippen molar-refractivity contribution in [2.75, 3.05) is 26.3 Å². The van der Waals surface area contributed by atoms with Crippen LogP contribution in [-0.4, -0.2) is 37.5 Å². The summed E-state index contributed by atoms with van der Waals surface area (Å²) >= 11 is 0. The maximum absolute atomic E-state index is 9.65. The molecule has 2 N–H and O–H groups in total. The van der Waals surface area contributed by atoms with Crippen molar-refractivity contribution in [3.05, 3.63) is 0 Å². The van der Waals surface area contributed by atoms with Gasteiger partial charge in [-0.1, -0.05) is 20.3 Å². The fourth-order valence-electron chi connectivity index (χ4n) is 1.86. The van der Waals surface area contributed by atoms with Crippen molar-refractivity contribution in [2.45, 2.75) is 52.1 Å². The van der Waals surface area contributed by atoms with Crippen molar-refractivity contribution >= 4 is 0 Å². The molecule has 0 aromatic carbocycles. The summed E-state index contributed by atoms with van der Waals surface area (Å²) < 4.78 is 5.37. The van der Waals surface area contributed by atoms with E-state index in [0.717, 1.165) is 26.0 Å². The highest BCUT2D eigenvalue weighted by atomic mass is 16.5. The van der Waals surface area contributed by atoms with E-state index in [-0.39, 0.29) is 6.10 Å². The molecule has 16 heavy (non-hydrogen) atoms. The van der Waals surface area contributed by atoms with Crippen LogP contribution in [0.5, 0.6) is 0 Å². The number of aliphatic hydroxyl groups excluding tert-OH is 1. The predicted molar refractivity (Wildman–Crippen MR) is 66.6 cm³/mol. The van der Waals surface area contributed by atoms with E-state index in [9.17, 15) is 5.11 Å². The molecule has 0 amide bonds. The maximum Gasteiger partial charge on any atom is 0.0897 e. The summed E-state index contributed by atoms with van der Waals surface area (Å²) in [5.74, 6) is 0. The van der Waals surface area contributed by atoms with Gasteiger partial charge in [-0.15, -0.1) is 0 Å². The zero-order valence-electron chi connectivity index (χ0n) is 10.8. The van der Waals surface area contributed by atoms with Crippen LogP contribution in [-0.2, 0) is 4.74 Å². The quantitative estimate of drug-likeness (QED) is 0.563. The van der Waals surface area contributed by atoms with Crippen LogP contribution in [0.15, 0.2) is 0 Å². The molecule has 1 unspecified atom stereocenters. The molecule has 96 valence electrons. The molecule has 3 heteroatoms. The van der Waals surface area contributed by atoms with Crippen LogP contribution in [0.1, 0.15) is 46.0 Å². The third kappa shape index (κ3) is 5.28. The Kier molecular flexibility index (Phi) is 6.32. The van der Waals surface area contributed by atoms with Crippen LogP contribution in [0.4, 0.5) is 0 Å². The maximum atomic E-state index is 9.65. The first kappa shape index (κ1) is 13.9.